The van der Waals surface area contributed by atoms with Gasteiger partial charge < -0.3 is 20.1 Å². The number of nitrogens with one attached hydrogen (secondary N) is 2. The Bertz CT molecular complexity index is 1770. The predicted molar refractivity (Wildman–Crippen MR) is 186 cm³/mol. The van der Waals surface area contributed by atoms with Crippen LogP contribution in [-0.2, 0) is 19.1 Å². The summed E-state index contributed by atoms with van der Waals surface area (Å²) in [5, 5.41) is 8.88. The minimum absolute atomic E-state index is 0.0939. The Morgan fingerprint density at radius 2 is 1.83 bits per heavy atom. The van der Waals surface area contributed by atoms with Crippen molar-refractivity contribution in [2.75, 3.05) is 11.9 Å². The molecule has 1 aliphatic carbocycles. The number of thiazole rings is 1. The molecule has 2 N–H and O–H groups in total. The summed E-state index contributed by atoms with van der Waals surface area (Å²) in [5.74, 6) is -0.345. The van der Waals surface area contributed by atoms with E-state index in [1.165, 1.54) is 23.2 Å². The topological polar surface area (TPSA) is 140 Å². The normalized spacial score (nSPS) is 22.2. The molecular formula is C36H45N5O6S. The van der Waals surface area contributed by atoms with Gasteiger partial charge in [-0.1, -0.05) is 32.9 Å². The largest absolute Gasteiger partial charge is 0.488 e. The van der Waals surface area contributed by atoms with E-state index >= 15 is 0 Å². The fraction of sp³-hybridized carbons (Fsp3) is 0.500. The molecule has 3 amide bonds. The number of carbonyl (C=O) groups is 4. The van der Waals surface area contributed by atoms with Crippen molar-refractivity contribution >= 4 is 51.1 Å². The molecule has 5 rings (SSSR count). The summed E-state index contributed by atoms with van der Waals surface area (Å²) in [7, 11) is 0. The Labute approximate surface area is 285 Å². The molecule has 256 valence electrons. The molecule has 1 aliphatic heterocycles. The second kappa shape index (κ2) is 12.9. The number of fused-ring (bicyclic) bond motifs is 1. The van der Waals surface area contributed by atoms with Gasteiger partial charge in [0.05, 0.1) is 17.8 Å². The SMILES string of the molecule is C=C[C@@H]1C[C@]1(NC(=O)[C@@H]1C[C@@H](Oc2cc(-c3csc(NC(=O)CC(C)(C)C)n3)nc3cc(C)ccc23)CN1C(=O)OC(C)(C)C)C(C)=O. The van der Waals surface area contributed by atoms with E-state index in [0.717, 1.165) is 10.9 Å². The smallest absolute Gasteiger partial charge is 0.411 e. The Morgan fingerprint density at radius 1 is 1.10 bits per heavy atom. The number of benzene rings is 1. The summed E-state index contributed by atoms with van der Waals surface area (Å²) in [6.45, 7) is 18.6. The first-order chi connectivity index (χ1) is 22.4. The maximum Gasteiger partial charge on any atom is 0.411 e. The molecule has 3 heterocycles. The first-order valence-corrected chi connectivity index (χ1v) is 17.0. The lowest BCUT2D eigenvalue weighted by molar-refractivity contribution is -0.130. The number of ether oxygens (including phenoxy) is 2. The molecule has 0 unspecified atom stereocenters. The molecule has 0 radical (unpaired) electrons. The van der Waals surface area contributed by atoms with Crippen LogP contribution >= 0.6 is 11.3 Å². The maximum absolute atomic E-state index is 13.7. The summed E-state index contributed by atoms with van der Waals surface area (Å²) in [6, 6.07) is 6.73. The third kappa shape index (κ3) is 7.86. The molecule has 1 saturated carbocycles. The number of hydrogen-bond donors (Lipinski definition) is 2. The predicted octanol–water partition coefficient (Wildman–Crippen LogP) is 6.45. The van der Waals surface area contributed by atoms with Crippen LogP contribution < -0.4 is 15.4 Å². The average molecular weight is 676 g/mol. The highest BCUT2D eigenvalue weighted by atomic mass is 32.1. The fourth-order valence-electron chi connectivity index (χ4n) is 5.97. The van der Waals surface area contributed by atoms with Crippen molar-refractivity contribution in [2.24, 2.45) is 11.3 Å². The monoisotopic (exact) mass is 675 g/mol. The van der Waals surface area contributed by atoms with Crippen LogP contribution in [-0.4, -0.2) is 68.4 Å². The lowest BCUT2D eigenvalue weighted by Gasteiger charge is -2.28. The molecule has 11 nitrogen and oxygen atoms in total. The summed E-state index contributed by atoms with van der Waals surface area (Å²) in [5.41, 5.74) is 0.885. The highest BCUT2D eigenvalue weighted by Gasteiger charge is 2.58. The van der Waals surface area contributed by atoms with Gasteiger partial charge in [0.1, 0.15) is 34.7 Å². The van der Waals surface area contributed by atoms with Crippen molar-refractivity contribution in [1.82, 2.24) is 20.2 Å². The lowest BCUT2D eigenvalue weighted by Crippen LogP contribution is -2.53. The Kier molecular flexibility index (Phi) is 9.44. The average Bonchev–Trinajstić information content (AvgIpc) is 3.26. The van der Waals surface area contributed by atoms with E-state index in [4.69, 9.17) is 14.5 Å². The number of anilines is 1. The molecule has 0 bridgehead atoms. The number of ketones is 1. The third-order valence-corrected chi connectivity index (χ3v) is 9.15. The van der Waals surface area contributed by atoms with Gasteiger partial charge in [-0.05, 0) is 64.2 Å². The number of nitrogens with zero attached hydrogens (tertiary/aromatic N) is 3. The summed E-state index contributed by atoms with van der Waals surface area (Å²) in [6.07, 6.45) is 1.48. The minimum atomic E-state index is -1.01. The van der Waals surface area contributed by atoms with E-state index in [1.54, 1.807) is 32.9 Å². The molecule has 1 saturated heterocycles. The molecule has 0 spiro atoms. The number of carbonyl (C=O) groups excluding carboxylic acids is 4. The third-order valence-electron chi connectivity index (χ3n) is 8.39. The van der Waals surface area contributed by atoms with Crippen LogP contribution in [0.1, 0.15) is 73.3 Å². The van der Waals surface area contributed by atoms with E-state index in [2.05, 4.69) is 22.2 Å². The standard InChI is InChI=1S/C36H45N5O6S/c1-10-22-16-36(22,21(3)42)40-31(44)28-14-23(18-41(28)33(45)47-35(7,8)9)46-29-15-26(37-25-13-20(2)11-12-24(25)29)27-19-48-32(38-27)39-30(43)17-34(4,5)6/h10-13,15,19,22-23,28H,1,14,16-18H2,2-9H3,(H,40,44)(H,38,39,43)/t22-,23-,28+,36+/m1/s1. The molecule has 3 aromatic rings. The van der Waals surface area contributed by atoms with Crippen LogP contribution in [0.25, 0.3) is 22.3 Å². The number of pyridine rings is 1. The maximum atomic E-state index is 13.7. The summed E-state index contributed by atoms with van der Waals surface area (Å²) >= 11 is 1.31. The summed E-state index contributed by atoms with van der Waals surface area (Å²) < 4.78 is 12.3. The van der Waals surface area contributed by atoms with Gasteiger partial charge in [0, 0.05) is 35.6 Å². The second-order valence-corrected chi connectivity index (χ2v) is 15.9. The first-order valence-electron chi connectivity index (χ1n) is 16.2. The van der Waals surface area contributed by atoms with E-state index in [9.17, 15) is 19.2 Å². The van der Waals surface area contributed by atoms with Gasteiger partial charge in [0.2, 0.25) is 11.8 Å². The van der Waals surface area contributed by atoms with Gasteiger partial charge >= 0.3 is 6.09 Å². The van der Waals surface area contributed by atoms with Crippen molar-refractivity contribution in [1.29, 1.82) is 0 Å². The van der Waals surface area contributed by atoms with Gasteiger partial charge in [0.25, 0.3) is 0 Å². The molecular weight excluding hydrogens is 630 g/mol. The van der Waals surface area contributed by atoms with Gasteiger partial charge in [-0.15, -0.1) is 17.9 Å². The van der Waals surface area contributed by atoms with Crippen molar-refractivity contribution < 1.29 is 28.7 Å². The molecule has 12 heteroatoms. The molecule has 48 heavy (non-hydrogen) atoms. The van der Waals surface area contributed by atoms with Gasteiger partial charge in [-0.3, -0.25) is 19.3 Å². The van der Waals surface area contributed by atoms with Crippen LogP contribution in [0.4, 0.5) is 9.93 Å². The van der Waals surface area contributed by atoms with Gasteiger partial charge in [0.15, 0.2) is 10.9 Å². The van der Waals surface area contributed by atoms with Crippen LogP contribution in [0.15, 0.2) is 42.3 Å². The van der Waals surface area contributed by atoms with E-state index < -0.39 is 35.3 Å². The number of rotatable bonds is 9. The zero-order valence-corrected chi connectivity index (χ0v) is 29.7. The minimum Gasteiger partial charge on any atom is -0.488 e. The zero-order chi connectivity index (χ0) is 35.2. The Balaban J connectivity index is 1.43. The van der Waals surface area contributed by atoms with Crippen molar-refractivity contribution in [3.63, 3.8) is 0 Å². The Morgan fingerprint density at radius 3 is 2.46 bits per heavy atom. The van der Waals surface area contributed by atoms with Crippen LogP contribution in [0, 0.1) is 18.3 Å². The van der Waals surface area contributed by atoms with Crippen LogP contribution in [0.2, 0.25) is 0 Å². The van der Waals surface area contributed by atoms with Crippen molar-refractivity contribution in [2.45, 2.75) is 97.9 Å². The Hall–Kier alpha value is -4.32. The number of Topliss-reactive ketones (excluding diaryl/α,β-unsaturated/α-hetero) is 1. The van der Waals surface area contributed by atoms with Crippen molar-refractivity contribution in [3.05, 3.63) is 47.9 Å². The van der Waals surface area contributed by atoms with E-state index in [-0.39, 0.29) is 36.0 Å². The molecule has 2 fully saturated rings. The number of aryl methyl sites for hydroxylation is 1. The second-order valence-electron chi connectivity index (χ2n) is 15.0. The highest BCUT2D eigenvalue weighted by Crippen LogP contribution is 2.45. The first kappa shape index (κ1) is 35.0. The molecule has 2 aromatic heterocycles. The fourth-order valence-corrected chi connectivity index (χ4v) is 6.70. The van der Waals surface area contributed by atoms with E-state index in [1.807, 2.05) is 51.3 Å². The van der Waals surface area contributed by atoms with Crippen molar-refractivity contribution in [3.8, 4) is 17.1 Å². The van der Waals surface area contributed by atoms with E-state index in [0.29, 0.717) is 40.6 Å². The quantitative estimate of drug-likeness (QED) is 0.247. The van der Waals surface area contributed by atoms with Crippen LogP contribution in [0.3, 0.4) is 0 Å². The number of amides is 3. The number of hydrogen-bond acceptors (Lipinski definition) is 9. The van der Waals surface area contributed by atoms with Crippen LogP contribution in [0.5, 0.6) is 5.75 Å². The van der Waals surface area contributed by atoms with Gasteiger partial charge in [-0.2, -0.15) is 0 Å². The number of aromatic nitrogens is 2. The van der Waals surface area contributed by atoms with Gasteiger partial charge in [-0.25, -0.2) is 14.8 Å². The zero-order valence-electron chi connectivity index (χ0n) is 28.9. The number of likely N-dealkylation sites (tertiary alicyclic amines) is 1. The summed E-state index contributed by atoms with van der Waals surface area (Å²) in [4.78, 5) is 63.1. The molecule has 4 atom stereocenters. The lowest BCUT2D eigenvalue weighted by atomic mass is 9.92. The highest BCUT2D eigenvalue weighted by molar-refractivity contribution is 7.14. The molecule has 2 aliphatic rings. The molecule has 1 aromatic carbocycles.